The van der Waals surface area contributed by atoms with Gasteiger partial charge in [-0.2, -0.15) is 0 Å². The molecule has 0 spiro atoms. The minimum Gasteiger partial charge on any atom is -0.477 e. The molecule has 6 heterocycles. The van der Waals surface area contributed by atoms with Crippen LogP contribution < -0.4 is 24.6 Å². The van der Waals surface area contributed by atoms with Gasteiger partial charge in [0.2, 0.25) is 11.1 Å². The Bertz CT molecular complexity index is 3250. The number of fused-ring (bicyclic) bond motifs is 4. The third-order valence-electron chi connectivity index (χ3n) is 15.5. The van der Waals surface area contributed by atoms with Crippen LogP contribution in [0.25, 0.3) is 43.8 Å². The average Bonchev–Trinajstić information content (AvgIpc) is 4.13. The Balaban J connectivity index is 0.000000161. The number of hydrogen-bond donors (Lipinski definition) is 1. The van der Waals surface area contributed by atoms with Crippen LogP contribution in [0.4, 0.5) is 11.4 Å². The third-order valence-corrected chi connectivity index (χ3v) is 16.3. The van der Waals surface area contributed by atoms with Crippen LogP contribution in [0, 0.1) is 25.7 Å². The van der Waals surface area contributed by atoms with Crippen LogP contribution in [0.15, 0.2) is 122 Å². The highest BCUT2D eigenvalue weighted by Gasteiger charge is 2.41. The molecule has 77 heavy (non-hydrogen) atoms. The Morgan fingerprint density at radius 3 is 1.43 bits per heavy atom. The average molecular weight is 1100 g/mol. The number of likely N-dealkylation sites (tertiary alicyclic amines) is 3. The van der Waals surface area contributed by atoms with Crippen LogP contribution in [-0.2, 0) is 19.2 Å². The van der Waals surface area contributed by atoms with E-state index in [4.69, 9.17) is 44.3 Å². The van der Waals surface area contributed by atoms with Crippen LogP contribution >= 0.6 is 34.8 Å². The number of amides is 3. The molecule has 1 N–H and O–H groups in total. The Kier molecular flexibility index (Phi) is 16.7. The van der Waals surface area contributed by atoms with Gasteiger partial charge in [-0.15, -0.1) is 0 Å². The molecule has 6 aromatic carbocycles. The maximum absolute atomic E-state index is 13.7. The quantitative estimate of drug-likeness (QED) is 0.0945. The molecule has 0 aromatic heterocycles. The lowest BCUT2D eigenvalue weighted by atomic mass is 9.94. The van der Waals surface area contributed by atoms with Gasteiger partial charge < -0.3 is 29.5 Å². The first-order valence-electron chi connectivity index (χ1n) is 26.8. The van der Waals surface area contributed by atoms with Crippen LogP contribution in [0.1, 0.15) is 36.8 Å². The standard InChI is InChI=1S/C31H32ClN3O3.C28H30ClN3O2.C3H3ClO/c1-3-30(36)34-16-21(17-34)18-35-27-15-26(32)25(24-13-20(2)12-22-8-4-5-9-23(22)24)14-28(27)38-29(31(35)37)19-33-10-6-7-11-33;1-18-10-20-6-2-3-7-21(20)22(11-18)23-12-26-25(13-24(23)29)32(16-19-14-30-15-19)28(33)27(34-26)17-31-8-4-5-9-31;1-2-3(4)5/h3-5,8-9,12-15,21,29H,1,6-7,10-11,16-19H2,2H3;2-3,6-7,10-13,19,27,30H,4-5,8-9,14-17H2,1H3;2H,1H2. The van der Waals surface area contributed by atoms with Gasteiger partial charge in [0.05, 0.1) is 21.4 Å². The van der Waals surface area contributed by atoms with Crippen molar-refractivity contribution in [3.63, 3.8) is 0 Å². The highest BCUT2D eigenvalue weighted by molar-refractivity contribution is 6.66. The van der Waals surface area contributed by atoms with Gasteiger partial charge in [0.25, 0.3) is 11.8 Å². The molecule has 2 atom stereocenters. The number of anilines is 2. The molecule has 2 unspecified atom stereocenters. The van der Waals surface area contributed by atoms with E-state index in [2.05, 4.69) is 103 Å². The zero-order chi connectivity index (χ0) is 53.9. The van der Waals surface area contributed by atoms with Gasteiger partial charge in [-0.3, -0.25) is 29.0 Å². The largest absolute Gasteiger partial charge is 0.477 e. The molecule has 0 bridgehead atoms. The van der Waals surface area contributed by atoms with Gasteiger partial charge in [-0.05, 0) is 158 Å². The summed E-state index contributed by atoms with van der Waals surface area (Å²) in [5.74, 6) is 2.03. The summed E-state index contributed by atoms with van der Waals surface area (Å²) in [5, 5.41) is 8.66. The smallest absolute Gasteiger partial charge is 0.269 e. The predicted octanol–water partition coefficient (Wildman–Crippen LogP) is 11.1. The number of aryl methyl sites for hydroxylation is 2. The van der Waals surface area contributed by atoms with Crippen molar-refractivity contribution in [2.45, 2.75) is 51.7 Å². The fourth-order valence-electron chi connectivity index (χ4n) is 11.5. The summed E-state index contributed by atoms with van der Waals surface area (Å²) < 4.78 is 12.9. The molecule has 0 saturated carbocycles. The Hall–Kier alpha value is -6.25. The van der Waals surface area contributed by atoms with Gasteiger partial charge in [0, 0.05) is 75.3 Å². The fraction of sp³-hybridized carbons (Fsp3) is 0.355. The summed E-state index contributed by atoms with van der Waals surface area (Å²) in [7, 11) is 0. The third kappa shape index (κ3) is 11.9. The molecular formula is C62H65Cl3N6O6. The molecule has 0 aliphatic carbocycles. The van der Waals surface area contributed by atoms with Gasteiger partial charge in [0.1, 0.15) is 11.5 Å². The molecule has 6 aliphatic rings. The minimum atomic E-state index is -0.574. The van der Waals surface area contributed by atoms with E-state index in [9.17, 15) is 19.2 Å². The number of allylic oxidation sites excluding steroid dienone is 1. The molecular weight excluding hydrogens is 1030 g/mol. The van der Waals surface area contributed by atoms with Crippen LogP contribution in [0.3, 0.4) is 0 Å². The summed E-state index contributed by atoms with van der Waals surface area (Å²) in [4.78, 5) is 58.9. The summed E-state index contributed by atoms with van der Waals surface area (Å²) in [6, 6.07) is 33.3. The first kappa shape index (κ1) is 54.1. The van der Waals surface area contributed by atoms with E-state index < -0.39 is 17.5 Å². The second-order valence-electron chi connectivity index (χ2n) is 21.1. The van der Waals surface area contributed by atoms with Crippen molar-refractivity contribution in [3.8, 4) is 33.8 Å². The van der Waals surface area contributed by atoms with Crippen molar-refractivity contribution < 1.29 is 28.7 Å². The molecule has 0 radical (unpaired) electrons. The van der Waals surface area contributed by atoms with Crippen molar-refractivity contribution in [3.05, 3.63) is 144 Å². The number of rotatable bonds is 12. The summed E-state index contributed by atoms with van der Waals surface area (Å²) in [6.45, 7) is 20.5. The zero-order valence-electron chi connectivity index (χ0n) is 43.7. The van der Waals surface area contributed by atoms with Crippen LogP contribution in [-0.4, -0.2) is 128 Å². The maximum Gasteiger partial charge on any atom is 0.269 e. The highest BCUT2D eigenvalue weighted by atomic mass is 35.5. The van der Waals surface area contributed by atoms with E-state index in [-0.39, 0.29) is 23.6 Å². The number of benzene rings is 6. The van der Waals surface area contributed by atoms with Crippen molar-refractivity contribution in [2.75, 3.05) is 88.3 Å². The lowest BCUT2D eigenvalue weighted by molar-refractivity contribution is -0.132. The molecule has 4 saturated heterocycles. The van der Waals surface area contributed by atoms with E-state index in [1.54, 1.807) is 4.90 Å². The SMILES string of the molecule is C=CC(=O)Cl.C=CC(=O)N1CC(CN2C(=O)C(CN3CCCC3)Oc3cc(-c4cc(C)cc5ccccc45)c(Cl)cc32)C1.Cc1cc(-c2cc3c(cc2Cl)N(CC2CNC2)C(=O)C(CN2CCCC2)O3)c2ccccc2c1. The molecule has 400 valence electrons. The topological polar surface area (TPSA) is 115 Å². The van der Waals surface area contributed by atoms with E-state index in [1.165, 1.54) is 29.9 Å². The predicted molar refractivity (Wildman–Crippen MR) is 311 cm³/mol. The van der Waals surface area contributed by atoms with Crippen LogP contribution in [0.5, 0.6) is 11.5 Å². The molecule has 4 fully saturated rings. The molecule has 6 aliphatic heterocycles. The summed E-state index contributed by atoms with van der Waals surface area (Å²) in [5.41, 5.74) is 7.81. The van der Waals surface area contributed by atoms with E-state index in [0.717, 1.165) is 114 Å². The second-order valence-corrected chi connectivity index (χ2v) is 22.3. The number of carbonyl (C=O) groups is 4. The van der Waals surface area contributed by atoms with E-state index >= 15 is 0 Å². The summed E-state index contributed by atoms with van der Waals surface area (Å²) in [6.07, 6.45) is 6.00. The number of nitrogens with zero attached hydrogens (tertiary/aromatic N) is 5. The fourth-order valence-corrected chi connectivity index (χ4v) is 12.0. The van der Waals surface area contributed by atoms with Crippen molar-refractivity contribution in [1.82, 2.24) is 20.0 Å². The van der Waals surface area contributed by atoms with Crippen molar-refractivity contribution >= 4 is 90.7 Å². The zero-order valence-corrected chi connectivity index (χ0v) is 46.0. The van der Waals surface area contributed by atoms with Crippen molar-refractivity contribution in [2.24, 2.45) is 11.8 Å². The lowest BCUT2D eigenvalue weighted by Gasteiger charge is -2.43. The highest BCUT2D eigenvalue weighted by Crippen LogP contribution is 2.46. The number of hydrogen-bond acceptors (Lipinski definition) is 9. The van der Waals surface area contributed by atoms with Gasteiger partial charge in [0.15, 0.2) is 12.2 Å². The number of ether oxygens (including phenoxy) is 2. The number of halogens is 3. The van der Waals surface area contributed by atoms with Gasteiger partial charge in [-0.1, -0.05) is 109 Å². The first-order valence-corrected chi connectivity index (χ1v) is 27.9. The van der Waals surface area contributed by atoms with E-state index in [0.29, 0.717) is 66.7 Å². The van der Waals surface area contributed by atoms with Gasteiger partial charge in [-0.25, -0.2) is 0 Å². The molecule has 6 aromatic rings. The molecule has 12 rings (SSSR count). The van der Waals surface area contributed by atoms with E-state index in [1.807, 2.05) is 46.2 Å². The Labute approximate surface area is 466 Å². The first-order chi connectivity index (χ1) is 37.2. The normalized spacial score (nSPS) is 19.5. The lowest BCUT2D eigenvalue weighted by Crippen LogP contribution is -2.57. The minimum absolute atomic E-state index is 0.0391. The van der Waals surface area contributed by atoms with Gasteiger partial charge >= 0.3 is 0 Å². The molecule has 12 nitrogen and oxygen atoms in total. The summed E-state index contributed by atoms with van der Waals surface area (Å²) >= 11 is 18.5. The Morgan fingerprint density at radius 2 is 1.03 bits per heavy atom. The molecule has 3 amide bonds. The second kappa shape index (κ2) is 23.8. The Morgan fingerprint density at radius 1 is 0.597 bits per heavy atom. The molecule has 15 heteroatoms. The monoisotopic (exact) mass is 1090 g/mol. The van der Waals surface area contributed by atoms with Crippen molar-refractivity contribution in [1.29, 1.82) is 0 Å². The number of nitrogens with one attached hydrogen (secondary N) is 1. The van der Waals surface area contributed by atoms with Crippen LogP contribution in [0.2, 0.25) is 10.0 Å². The number of carbonyl (C=O) groups excluding carboxylic acids is 4. The maximum atomic E-state index is 13.7.